The van der Waals surface area contributed by atoms with E-state index in [-0.39, 0.29) is 16.9 Å². The van der Waals surface area contributed by atoms with Gasteiger partial charge >= 0.3 is 0 Å². The second-order valence-electron chi connectivity index (χ2n) is 7.05. The van der Waals surface area contributed by atoms with Crippen LogP contribution in [0, 0.1) is 0 Å². The largest absolute Gasteiger partial charge is 0.491 e. The summed E-state index contributed by atoms with van der Waals surface area (Å²) in [5.41, 5.74) is 1.34. The van der Waals surface area contributed by atoms with E-state index in [9.17, 15) is 13.2 Å². The highest BCUT2D eigenvalue weighted by Crippen LogP contribution is 2.22. The lowest BCUT2D eigenvalue weighted by Crippen LogP contribution is -2.16. The number of carbonyl (C=O) groups is 1. The minimum absolute atomic E-state index is 0.0598. The zero-order valence-corrected chi connectivity index (χ0v) is 18.5. The maximum atomic E-state index is 12.7. The second-order valence-corrected chi connectivity index (χ2v) is 10.1. The Labute approximate surface area is 174 Å². The van der Waals surface area contributed by atoms with Gasteiger partial charge in [-0.05, 0) is 62.7 Å². The van der Waals surface area contributed by atoms with Crippen LogP contribution in [0.3, 0.4) is 0 Å². The van der Waals surface area contributed by atoms with Crippen LogP contribution >= 0.6 is 11.3 Å². The molecule has 6 nitrogen and oxygen atoms in total. The average Bonchev–Trinajstić information content (AvgIpc) is 2.98. The number of aromatic nitrogens is 1. The van der Waals surface area contributed by atoms with Crippen LogP contribution in [0.1, 0.15) is 37.6 Å². The van der Waals surface area contributed by atoms with Gasteiger partial charge in [-0.2, -0.15) is 4.99 Å². The SMILES string of the molecule is CCCn1c(=NC(=O)c2ccc(OC(C)C)cc2)sc2cc(S(C)(=O)=O)ccc21. The third-order valence-electron chi connectivity index (χ3n) is 4.20. The Morgan fingerprint density at radius 1 is 1.17 bits per heavy atom. The molecule has 0 saturated heterocycles. The highest BCUT2D eigenvalue weighted by molar-refractivity contribution is 7.90. The highest BCUT2D eigenvalue weighted by Gasteiger charge is 2.13. The Bertz CT molecular complexity index is 1200. The molecule has 8 heteroatoms. The van der Waals surface area contributed by atoms with Gasteiger partial charge in [0.1, 0.15) is 5.75 Å². The van der Waals surface area contributed by atoms with Crippen LogP contribution < -0.4 is 9.54 Å². The van der Waals surface area contributed by atoms with Crippen molar-refractivity contribution in [2.45, 2.75) is 44.7 Å². The van der Waals surface area contributed by atoms with Gasteiger partial charge < -0.3 is 9.30 Å². The third kappa shape index (κ3) is 4.94. The molecule has 0 N–H and O–H groups in total. The van der Waals surface area contributed by atoms with Crippen molar-refractivity contribution in [1.29, 1.82) is 0 Å². The topological polar surface area (TPSA) is 77.7 Å². The summed E-state index contributed by atoms with van der Waals surface area (Å²) >= 11 is 1.32. The Hall–Kier alpha value is -2.45. The molecular weight excluding hydrogens is 408 g/mol. The summed E-state index contributed by atoms with van der Waals surface area (Å²) in [4.78, 5) is 17.8. The zero-order valence-electron chi connectivity index (χ0n) is 16.9. The number of carbonyl (C=O) groups excluding carboxylic acids is 1. The number of benzene rings is 2. The van der Waals surface area contributed by atoms with E-state index in [0.29, 0.717) is 22.7 Å². The summed E-state index contributed by atoms with van der Waals surface area (Å²) in [5, 5.41) is 0. The lowest BCUT2D eigenvalue weighted by Gasteiger charge is -2.09. The first-order valence-electron chi connectivity index (χ1n) is 9.38. The number of rotatable bonds is 6. The first-order valence-corrected chi connectivity index (χ1v) is 12.1. The predicted octanol–water partition coefficient (Wildman–Crippen LogP) is 4.04. The molecule has 0 atom stereocenters. The maximum Gasteiger partial charge on any atom is 0.279 e. The number of sulfone groups is 1. The van der Waals surface area contributed by atoms with Crippen LogP contribution in [-0.4, -0.2) is 31.3 Å². The molecule has 0 aliphatic carbocycles. The molecule has 1 heterocycles. The second kappa shape index (κ2) is 8.51. The molecule has 3 rings (SSSR count). The summed E-state index contributed by atoms with van der Waals surface area (Å²) in [6, 6.07) is 11.9. The van der Waals surface area contributed by atoms with Crippen molar-refractivity contribution in [3.8, 4) is 5.75 Å². The van der Waals surface area contributed by atoms with Crippen molar-refractivity contribution < 1.29 is 17.9 Å². The van der Waals surface area contributed by atoms with Crippen LogP contribution in [0.4, 0.5) is 0 Å². The predicted molar refractivity (Wildman–Crippen MR) is 115 cm³/mol. The molecule has 1 amide bonds. The lowest BCUT2D eigenvalue weighted by atomic mass is 10.2. The van der Waals surface area contributed by atoms with E-state index >= 15 is 0 Å². The molecule has 29 heavy (non-hydrogen) atoms. The number of aryl methyl sites for hydroxylation is 1. The molecule has 0 fully saturated rings. The van der Waals surface area contributed by atoms with Gasteiger partial charge in [-0.15, -0.1) is 0 Å². The summed E-state index contributed by atoms with van der Waals surface area (Å²) < 4.78 is 32.1. The fraction of sp³-hybridized carbons (Fsp3) is 0.333. The number of thiazole rings is 1. The lowest BCUT2D eigenvalue weighted by molar-refractivity contribution is 0.0997. The highest BCUT2D eigenvalue weighted by atomic mass is 32.2. The molecule has 1 aromatic heterocycles. The monoisotopic (exact) mass is 432 g/mol. The van der Waals surface area contributed by atoms with Gasteiger partial charge in [-0.1, -0.05) is 18.3 Å². The number of amides is 1. The first-order chi connectivity index (χ1) is 13.7. The molecule has 0 saturated carbocycles. The van der Waals surface area contributed by atoms with Crippen molar-refractivity contribution in [3.63, 3.8) is 0 Å². The zero-order chi connectivity index (χ0) is 21.2. The number of ether oxygens (including phenoxy) is 1. The van der Waals surface area contributed by atoms with Gasteiger partial charge in [0.2, 0.25) is 0 Å². The molecule has 0 unspecified atom stereocenters. The summed E-state index contributed by atoms with van der Waals surface area (Å²) in [6.07, 6.45) is 2.11. The molecule has 0 aliphatic heterocycles. The molecule has 2 aromatic carbocycles. The molecule has 0 bridgehead atoms. The Kier molecular flexibility index (Phi) is 6.24. The van der Waals surface area contributed by atoms with Gasteiger partial charge in [0.25, 0.3) is 5.91 Å². The van der Waals surface area contributed by atoms with Crippen molar-refractivity contribution in [3.05, 3.63) is 52.8 Å². The maximum absolute atomic E-state index is 12.7. The van der Waals surface area contributed by atoms with Crippen LogP contribution in [0.25, 0.3) is 10.2 Å². The van der Waals surface area contributed by atoms with E-state index in [1.54, 1.807) is 42.5 Å². The molecule has 154 valence electrons. The van der Waals surface area contributed by atoms with Crippen LogP contribution in [0.15, 0.2) is 52.4 Å². The Balaban J connectivity index is 2.03. The summed E-state index contributed by atoms with van der Waals surface area (Å²) in [5.74, 6) is 0.355. The van der Waals surface area contributed by atoms with Crippen molar-refractivity contribution in [1.82, 2.24) is 4.57 Å². The Morgan fingerprint density at radius 2 is 1.86 bits per heavy atom. The van der Waals surface area contributed by atoms with Gasteiger partial charge in [0.05, 0.1) is 21.2 Å². The van der Waals surface area contributed by atoms with Gasteiger partial charge in [0, 0.05) is 18.4 Å². The van der Waals surface area contributed by atoms with E-state index in [0.717, 1.165) is 16.6 Å². The van der Waals surface area contributed by atoms with E-state index in [4.69, 9.17) is 4.74 Å². The smallest absolute Gasteiger partial charge is 0.279 e. The minimum Gasteiger partial charge on any atom is -0.491 e. The van der Waals surface area contributed by atoms with Crippen molar-refractivity contribution in [2.24, 2.45) is 4.99 Å². The average molecular weight is 433 g/mol. The van der Waals surface area contributed by atoms with Crippen molar-refractivity contribution >= 4 is 37.3 Å². The van der Waals surface area contributed by atoms with Crippen LogP contribution in [0.2, 0.25) is 0 Å². The summed E-state index contributed by atoms with van der Waals surface area (Å²) in [7, 11) is -3.30. The normalized spacial score (nSPS) is 12.7. The van der Waals surface area contributed by atoms with E-state index in [1.807, 2.05) is 25.3 Å². The van der Waals surface area contributed by atoms with Gasteiger partial charge in [-0.25, -0.2) is 8.42 Å². The standard InChI is InChI=1S/C21H24N2O4S2/c1-5-12-23-18-11-10-17(29(4,25)26)13-19(18)28-21(23)22-20(24)15-6-8-16(9-7-15)27-14(2)3/h6-11,13-14H,5,12H2,1-4H3. The van der Waals surface area contributed by atoms with E-state index < -0.39 is 9.84 Å². The fourth-order valence-corrected chi connectivity index (χ4v) is 4.72. The molecule has 0 aliphatic rings. The molecular formula is C21H24N2O4S2. The van der Waals surface area contributed by atoms with Crippen molar-refractivity contribution in [2.75, 3.05) is 6.26 Å². The van der Waals surface area contributed by atoms with Crippen LogP contribution in [0.5, 0.6) is 5.75 Å². The Morgan fingerprint density at radius 3 is 2.45 bits per heavy atom. The van der Waals surface area contributed by atoms with Gasteiger partial charge in [0.15, 0.2) is 14.6 Å². The first kappa shape index (κ1) is 21.3. The number of hydrogen-bond acceptors (Lipinski definition) is 5. The van der Waals surface area contributed by atoms with Gasteiger partial charge in [-0.3, -0.25) is 4.79 Å². The van der Waals surface area contributed by atoms with E-state index in [1.165, 1.54) is 17.6 Å². The molecule has 3 aromatic rings. The molecule has 0 radical (unpaired) electrons. The fourth-order valence-electron chi connectivity index (χ4n) is 2.91. The van der Waals surface area contributed by atoms with E-state index in [2.05, 4.69) is 4.99 Å². The number of nitrogens with zero attached hydrogens (tertiary/aromatic N) is 2. The number of fused-ring (bicyclic) bond motifs is 1. The third-order valence-corrected chi connectivity index (χ3v) is 6.35. The minimum atomic E-state index is -3.30. The molecule has 0 spiro atoms. The quantitative estimate of drug-likeness (QED) is 0.589. The van der Waals surface area contributed by atoms with Crippen LogP contribution in [-0.2, 0) is 16.4 Å². The summed E-state index contributed by atoms with van der Waals surface area (Å²) in [6.45, 7) is 6.61. The number of hydrogen-bond donors (Lipinski definition) is 0.